The molecule has 3 aromatic rings. The minimum absolute atomic E-state index is 0.209. The molecule has 1 aromatic heterocycles. The Balaban J connectivity index is 1.66. The SMILES string of the molecule is CCOc1ccc(Nc2cnc(C(=O)Nc3cc(C)ccc3OC)cn2)cc1. The van der Waals surface area contributed by atoms with Gasteiger partial charge in [0, 0.05) is 5.69 Å². The summed E-state index contributed by atoms with van der Waals surface area (Å²) >= 11 is 0. The molecule has 0 saturated carbocycles. The van der Waals surface area contributed by atoms with Crippen LogP contribution >= 0.6 is 0 Å². The Morgan fingerprint density at radius 2 is 1.86 bits per heavy atom. The lowest BCUT2D eigenvalue weighted by atomic mass is 10.2. The molecule has 0 aliphatic carbocycles. The molecule has 2 aromatic carbocycles. The normalized spacial score (nSPS) is 10.2. The molecule has 2 N–H and O–H groups in total. The fourth-order valence-electron chi connectivity index (χ4n) is 2.56. The molecule has 28 heavy (non-hydrogen) atoms. The number of nitrogens with one attached hydrogen (secondary N) is 2. The van der Waals surface area contributed by atoms with Gasteiger partial charge in [0.1, 0.15) is 23.0 Å². The van der Waals surface area contributed by atoms with E-state index in [4.69, 9.17) is 9.47 Å². The van der Waals surface area contributed by atoms with Crippen LogP contribution in [0.5, 0.6) is 11.5 Å². The van der Waals surface area contributed by atoms with Gasteiger partial charge in [-0.05, 0) is 55.8 Å². The zero-order valence-electron chi connectivity index (χ0n) is 16.0. The number of hydrogen-bond donors (Lipinski definition) is 2. The van der Waals surface area contributed by atoms with Gasteiger partial charge in [0.2, 0.25) is 0 Å². The molecule has 0 spiro atoms. The number of hydrogen-bond acceptors (Lipinski definition) is 6. The van der Waals surface area contributed by atoms with E-state index in [0.717, 1.165) is 17.0 Å². The topological polar surface area (TPSA) is 85.4 Å². The van der Waals surface area contributed by atoms with E-state index in [-0.39, 0.29) is 11.6 Å². The molecule has 0 saturated heterocycles. The van der Waals surface area contributed by atoms with Crippen molar-refractivity contribution in [1.29, 1.82) is 0 Å². The van der Waals surface area contributed by atoms with E-state index in [2.05, 4.69) is 20.6 Å². The second-order valence-electron chi connectivity index (χ2n) is 6.03. The predicted octanol–water partition coefficient (Wildman–Crippen LogP) is 4.19. The third-order valence-corrected chi connectivity index (χ3v) is 3.93. The van der Waals surface area contributed by atoms with Gasteiger partial charge in [-0.15, -0.1) is 0 Å². The summed E-state index contributed by atoms with van der Waals surface area (Å²) in [5, 5.41) is 5.94. The molecule has 0 atom stereocenters. The van der Waals surface area contributed by atoms with E-state index in [0.29, 0.717) is 23.9 Å². The molecule has 0 aliphatic heterocycles. The number of aromatic nitrogens is 2. The Labute approximate surface area is 163 Å². The van der Waals surface area contributed by atoms with Crippen LogP contribution in [0.1, 0.15) is 23.0 Å². The van der Waals surface area contributed by atoms with Crippen molar-refractivity contribution in [2.45, 2.75) is 13.8 Å². The third-order valence-electron chi connectivity index (χ3n) is 3.93. The van der Waals surface area contributed by atoms with Gasteiger partial charge in [0.15, 0.2) is 0 Å². The van der Waals surface area contributed by atoms with Crippen molar-refractivity contribution in [1.82, 2.24) is 9.97 Å². The van der Waals surface area contributed by atoms with Crippen LogP contribution in [-0.2, 0) is 0 Å². The van der Waals surface area contributed by atoms with E-state index < -0.39 is 0 Å². The van der Waals surface area contributed by atoms with Crippen molar-refractivity contribution < 1.29 is 14.3 Å². The molecule has 1 heterocycles. The van der Waals surface area contributed by atoms with E-state index in [9.17, 15) is 4.79 Å². The Kier molecular flexibility index (Phi) is 6.06. The van der Waals surface area contributed by atoms with Gasteiger partial charge >= 0.3 is 0 Å². The summed E-state index contributed by atoms with van der Waals surface area (Å²) in [6.45, 7) is 4.50. The summed E-state index contributed by atoms with van der Waals surface area (Å²) in [6.07, 6.45) is 2.94. The maximum absolute atomic E-state index is 12.5. The van der Waals surface area contributed by atoms with Crippen LogP contribution in [0, 0.1) is 6.92 Å². The highest BCUT2D eigenvalue weighted by molar-refractivity contribution is 6.03. The monoisotopic (exact) mass is 378 g/mol. The van der Waals surface area contributed by atoms with Crippen LogP contribution < -0.4 is 20.1 Å². The van der Waals surface area contributed by atoms with Crippen molar-refractivity contribution in [3.8, 4) is 11.5 Å². The first kappa shape index (κ1) is 19.2. The van der Waals surface area contributed by atoms with Crippen LogP contribution in [0.2, 0.25) is 0 Å². The molecule has 0 radical (unpaired) electrons. The fourth-order valence-corrected chi connectivity index (χ4v) is 2.56. The molecule has 144 valence electrons. The van der Waals surface area contributed by atoms with E-state index >= 15 is 0 Å². The van der Waals surface area contributed by atoms with Gasteiger partial charge in [-0.1, -0.05) is 6.07 Å². The number of aryl methyl sites for hydroxylation is 1. The van der Waals surface area contributed by atoms with Crippen LogP contribution in [0.3, 0.4) is 0 Å². The molecule has 1 amide bonds. The van der Waals surface area contributed by atoms with Crippen LogP contribution in [0.15, 0.2) is 54.9 Å². The molecule has 7 nitrogen and oxygen atoms in total. The maximum atomic E-state index is 12.5. The smallest absolute Gasteiger partial charge is 0.275 e. The second-order valence-corrected chi connectivity index (χ2v) is 6.03. The fraction of sp³-hybridized carbons (Fsp3) is 0.190. The lowest BCUT2D eigenvalue weighted by Gasteiger charge is -2.11. The van der Waals surface area contributed by atoms with Crippen LogP contribution in [-0.4, -0.2) is 29.6 Å². The zero-order valence-corrected chi connectivity index (χ0v) is 16.0. The number of nitrogens with zero attached hydrogens (tertiary/aromatic N) is 2. The summed E-state index contributed by atoms with van der Waals surface area (Å²) in [4.78, 5) is 20.9. The first-order valence-corrected chi connectivity index (χ1v) is 8.87. The van der Waals surface area contributed by atoms with Gasteiger partial charge in [0.05, 0.1) is 31.8 Å². The van der Waals surface area contributed by atoms with E-state index in [1.165, 1.54) is 12.4 Å². The number of amides is 1. The molecular weight excluding hydrogens is 356 g/mol. The van der Waals surface area contributed by atoms with Crippen molar-refractivity contribution in [2.75, 3.05) is 24.4 Å². The lowest BCUT2D eigenvalue weighted by Crippen LogP contribution is -2.15. The molecule has 0 bridgehead atoms. The maximum Gasteiger partial charge on any atom is 0.275 e. The highest BCUT2D eigenvalue weighted by Gasteiger charge is 2.12. The van der Waals surface area contributed by atoms with Crippen molar-refractivity contribution in [3.05, 3.63) is 66.1 Å². The third kappa shape index (κ3) is 4.76. The number of benzene rings is 2. The standard InChI is InChI=1S/C21H22N4O3/c1-4-28-16-8-6-15(7-9-16)24-20-13-22-18(12-23-20)21(26)25-17-11-14(2)5-10-19(17)27-3/h5-13H,4H2,1-3H3,(H,23,24)(H,25,26). The Bertz CT molecular complexity index is 941. The van der Waals surface area contributed by atoms with E-state index in [1.807, 2.05) is 50.2 Å². The van der Waals surface area contributed by atoms with Crippen molar-refractivity contribution >= 4 is 23.1 Å². The first-order valence-electron chi connectivity index (χ1n) is 8.87. The van der Waals surface area contributed by atoms with Crippen LogP contribution in [0.25, 0.3) is 0 Å². The minimum Gasteiger partial charge on any atom is -0.495 e. The Morgan fingerprint density at radius 1 is 1.07 bits per heavy atom. The minimum atomic E-state index is -0.357. The van der Waals surface area contributed by atoms with Crippen molar-refractivity contribution in [2.24, 2.45) is 0 Å². The molecule has 0 fully saturated rings. The van der Waals surface area contributed by atoms with Crippen molar-refractivity contribution in [3.63, 3.8) is 0 Å². The summed E-state index contributed by atoms with van der Waals surface area (Å²) in [6, 6.07) is 13.1. The largest absolute Gasteiger partial charge is 0.495 e. The quantitative estimate of drug-likeness (QED) is 0.641. The van der Waals surface area contributed by atoms with E-state index in [1.54, 1.807) is 13.2 Å². The Morgan fingerprint density at radius 3 is 2.50 bits per heavy atom. The number of methoxy groups -OCH3 is 1. The highest BCUT2D eigenvalue weighted by atomic mass is 16.5. The average Bonchev–Trinajstić information content (AvgIpc) is 2.70. The van der Waals surface area contributed by atoms with Gasteiger partial charge in [0.25, 0.3) is 5.91 Å². The highest BCUT2D eigenvalue weighted by Crippen LogP contribution is 2.25. The van der Waals surface area contributed by atoms with Gasteiger partial charge in [-0.3, -0.25) is 4.79 Å². The molecule has 0 aliphatic rings. The Hall–Kier alpha value is -3.61. The predicted molar refractivity (Wildman–Crippen MR) is 109 cm³/mol. The molecule has 0 unspecified atom stereocenters. The first-order chi connectivity index (χ1) is 13.6. The summed E-state index contributed by atoms with van der Waals surface area (Å²) in [7, 11) is 1.56. The number of rotatable bonds is 7. The number of ether oxygens (including phenoxy) is 2. The number of carbonyl (C=O) groups excluding carboxylic acids is 1. The second kappa shape index (κ2) is 8.85. The summed E-state index contributed by atoms with van der Waals surface area (Å²) < 4.78 is 10.7. The zero-order chi connectivity index (χ0) is 19.9. The number of carbonyl (C=O) groups is 1. The summed E-state index contributed by atoms with van der Waals surface area (Å²) in [5.74, 6) is 1.57. The molecule has 7 heteroatoms. The average molecular weight is 378 g/mol. The number of anilines is 3. The van der Waals surface area contributed by atoms with Gasteiger partial charge in [-0.25, -0.2) is 9.97 Å². The molecular formula is C21H22N4O3. The summed E-state index contributed by atoms with van der Waals surface area (Å²) in [5.41, 5.74) is 2.66. The molecule has 3 rings (SSSR count). The van der Waals surface area contributed by atoms with Gasteiger partial charge in [-0.2, -0.15) is 0 Å². The lowest BCUT2D eigenvalue weighted by molar-refractivity contribution is 0.102. The van der Waals surface area contributed by atoms with Gasteiger partial charge < -0.3 is 20.1 Å². The van der Waals surface area contributed by atoms with Crippen LogP contribution in [0.4, 0.5) is 17.2 Å².